The average molecular weight is 776 g/mol. The van der Waals surface area contributed by atoms with Crippen LogP contribution in [0.3, 0.4) is 0 Å². The van der Waals surface area contributed by atoms with Crippen LogP contribution in [0.15, 0.2) is 205 Å². The molecule has 0 saturated heterocycles. The van der Waals surface area contributed by atoms with Crippen molar-refractivity contribution in [3.8, 4) is 39.3 Å². The van der Waals surface area contributed by atoms with Crippen LogP contribution in [0.25, 0.3) is 55.7 Å². The maximum absolute atomic E-state index is 6.76. The summed E-state index contributed by atoms with van der Waals surface area (Å²) in [6.07, 6.45) is 27.4. The van der Waals surface area contributed by atoms with E-state index in [2.05, 4.69) is 206 Å². The predicted molar refractivity (Wildman–Crippen MR) is 248 cm³/mol. The number of nitrogens with one attached hydrogen (secondary N) is 1. The number of hydrogen-bond acceptors (Lipinski definition) is 4. The fraction of sp³-hybridized carbons (Fsp3) is 0.143. The highest BCUT2D eigenvalue weighted by Crippen LogP contribution is 2.49. The van der Waals surface area contributed by atoms with Crippen LogP contribution in [0.4, 0.5) is 0 Å². The summed E-state index contributed by atoms with van der Waals surface area (Å²) in [6, 6.07) is 45.4. The fourth-order valence-electron chi connectivity index (χ4n) is 9.34. The molecular formula is C56H45N3O. The zero-order chi connectivity index (χ0) is 40.0. The van der Waals surface area contributed by atoms with E-state index in [1.165, 1.54) is 27.8 Å². The molecule has 0 bridgehead atoms. The second kappa shape index (κ2) is 15.0. The van der Waals surface area contributed by atoms with Gasteiger partial charge in [-0.2, -0.15) is 0 Å². The van der Waals surface area contributed by atoms with E-state index in [1.807, 2.05) is 0 Å². The molecule has 290 valence electrons. The van der Waals surface area contributed by atoms with Gasteiger partial charge in [-0.15, -0.1) is 0 Å². The summed E-state index contributed by atoms with van der Waals surface area (Å²) < 4.78 is 6.76. The Labute approximate surface area is 352 Å². The van der Waals surface area contributed by atoms with Crippen LogP contribution in [0, 0.1) is 11.3 Å². The van der Waals surface area contributed by atoms with Crippen LogP contribution >= 0.6 is 0 Å². The van der Waals surface area contributed by atoms with Gasteiger partial charge in [0, 0.05) is 51.2 Å². The molecule has 0 fully saturated rings. The maximum Gasteiger partial charge on any atom is 0.154 e. The van der Waals surface area contributed by atoms with Gasteiger partial charge < -0.3 is 10.1 Å². The number of benzene rings is 5. The summed E-state index contributed by atoms with van der Waals surface area (Å²) >= 11 is 0. The second-order valence-corrected chi connectivity index (χ2v) is 16.6. The molecule has 11 rings (SSSR count). The lowest BCUT2D eigenvalue weighted by molar-refractivity contribution is 0.279. The van der Waals surface area contributed by atoms with Crippen molar-refractivity contribution >= 4 is 27.9 Å². The molecule has 0 amide bonds. The molecule has 0 radical (unpaired) electrons. The van der Waals surface area contributed by atoms with Gasteiger partial charge >= 0.3 is 0 Å². The van der Waals surface area contributed by atoms with Gasteiger partial charge in [0.1, 0.15) is 18.0 Å². The van der Waals surface area contributed by atoms with Gasteiger partial charge in [-0.25, -0.2) is 4.98 Å². The van der Waals surface area contributed by atoms with Crippen LogP contribution in [0.2, 0.25) is 0 Å². The molecule has 1 aromatic heterocycles. The SMILES string of the molecule is CC1(C2=CCC(C3=NC(c4ccc(-c5ccccc5)cc4)NC(c4ccc(-c5nc6cc(-c7ccccc7)ccc6c6c5OC5CC=CC=C65)cc4)=C3)C=C2)C=CC=CC1. The zero-order valence-electron chi connectivity index (χ0n) is 33.6. The van der Waals surface area contributed by atoms with Crippen LogP contribution in [0.5, 0.6) is 5.75 Å². The van der Waals surface area contributed by atoms with Gasteiger partial charge in [-0.05, 0) is 63.9 Å². The molecule has 4 nitrogen and oxygen atoms in total. The minimum Gasteiger partial charge on any atom is -0.482 e. The quantitative estimate of drug-likeness (QED) is 0.176. The first-order valence-electron chi connectivity index (χ1n) is 21.2. The molecule has 0 spiro atoms. The number of ether oxygens (including phenoxy) is 1. The monoisotopic (exact) mass is 775 g/mol. The van der Waals surface area contributed by atoms with Crippen molar-refractivity contribution in [2.45, 2.75) is 38.5 Å². The number of rotatable bonds is 7. The van der Waals surface area contributed by atoms with E-state index < -0.39 is 0 Å². The molecule has 2 aliphatic heterocycles. The van der Waals surface area contributed by atoms with E-state index in [0.717, 1.165) is 80.8 Å². The summed E-state index contributed by atoms with van der Waals surface area (Å²) in [6.45, 7) is 2.33. The van der Waals surface area contributed by atoms with Crippen LogP contribution < -0.4 is 10.1 Å². The molecular weight excluding hydrogens is 731 g/mol. The highest BCUT2D eigenvalue weighted by Gasteiger charge is 2.34. The van der Waals surface area contributed by atoms with Crippen LogP contribution in [-0.4, -0.2) is 16.8 Å². The second-order valence-electron chi connectivity index (χ2n) is 16.6. The van der Waals surface area contributed by atoms with Crippen molar-refractivity contribution in [3.63, 3.8) is 0 Å². The van der Waals surface area contributed by atoms with E-state index in [4.69, 9.17) is 14.7 Å². The van der Waals surface area contributed by atoms with Crippen molar-refractivity contribution in [2.24, 2.45) is 16.3 Å². The lowest BCUT2D eigenvalue weighted by atomic mass is 9.74. The Morgan fingerprint density at radius 2 is 1.42 bits per heavy atom. The number of allylic oxidation sites excluding steroid dienone is 11. The normalized spacial score (nSPS) is 22.5. The van der Waals surface area contributed by atoms with Gasteiger partial charge in [0.25, 0.3) is 0 Å². The fourth-order valence-corrected chi connectivity index (χ4v) is 9.34. The molecule has 0 saturated carbocycles. The minimum absolute atomic E-state index is 0.00388. The van der Waals surface area contributed by atoms with E-state index in [0.29, 0.717) is 0 Å². The van der Waals surface area contributed by atoms with Crippen LogP contribution in [0.1, 0.15) is 49.0 Å². The van der Waals surface area contributed by atoms with Crippen molar-refractivity contribution in [1.29, 1.82) is 0 Å². The third-order valence-electron chi connectivity index (χ3n) is 12.8. The molecule has 4 atom stereocenters. The highest BCUT2D eigenvalue weighted by molar-refractivity contribution is 6.05. The Hall–Kier alpha value is -7.04. The van der Waals surface area contributed by atoms with Gasteiger partial charge in [-0.3, -0.25) is 4.99 Å². The number of aromatic nitrogens is 1. The Kier molecular flexibility index (Phi) is 9.00. The molecule has 3 aliphatic carbocycles. The lowest BCUT2D eigenvalue weighted by Crippen LogP contribution is -2.28. The molecule has 5 aromatic carbocycles. The van der Waals surface area contributed by atoms with Crippen LogP contribution in [-0.2, 0) is 0 Å². The number of nitrogens with zero attached hydrogens (tertiary/aromatic N) is 2. The summed E-state index contributed by atoms with van der Waals surface area (Å²) in [4.78, 5) is 10.8. The van der Waals surface area contributed by atoms with E-state index >= 15 is 0 Å². The van der Waals surface area contributed by atoms with Gasteiger partial charge in [0.15, 0.2) is 5.75 Å². The zero-order valence-corrected chi connectivity index (χ0v) is 33.6. The molecule has 4 heteroatoms. The largest absolute Gasteiger partial charge is 0.482 e. The molecule has 4 unspecified atom stereocenters. The molecule has 6 aromatic rings. The lowest BCUT2D eigenvalue weighted by Gasteiger charge is -2.32. The van der Waals surface area contributed by atoms with Gasteiger partial charge in [-0.1, -0.05) is 189 Å². The highest BCUT2D eigenvalue weighted by atomic mass is 16.5. The number of hydrogen-bond donors (Lipinski definition) is 1. The number of pyridine rings is 1. The number of fused-ring (bicyclic) bond motifs is 5. The van der Waals surface area contributed by atoms with Crippen molar-refractivity contribution in [2.75, 3.05) is 0 Å². The average Bonchev–Trinajstić information content (AvgIpc) is 3.72. The molecule has 60 heavy (non-hydrogen) atoms. The summed E-state index contributed by atoms with van der Waals surface area (Å²) in [7, 11) is 0. The summed E-state index contributed by atoms with van der Waals surface area (Å²) in [5, 5.41) is 4.95. The topological polar surface area (TPSA) is 46.5 Å². The first kappa shape index (κ1) is 36.1. The third-order valence-corrected chi connectivity index (χ3v) is 12.8. The maximum atomic E-state index is 6.76. The van der Waals surface area contributed by atoms with E-state index in [-0.39, 0.29) is 23.6 Å². The Balaban J connectivity index is 0.949. The standard InChI is InChI=1S/C56H45N3O/c1-56(33-11-4-12-34-56)45-30-27-41(28-31-45)49-36-48(58-55(59-49)43-25-19-39(20-26-43)37-13-5-2-6-14-37)40-21-23-42(24-22-40)53-54-52(47-17-9-10-18-51(47)60-54)46-32-29-44(35-50(46)57-53)38-15-7-3-8-16-38/h2-17,19-27,29-33,35-36,41,51,55,58H,18,28,34H2,1H3. The van der Waals surface area contributed by atoms with Crippen molar-refractivity contribution in [1.82, 2.24) is 10.3 Å². The van der Waals surface area contributed by atoms with Crippen molar-refractivity contribution in [3.05, 3.63) is 216 Å². The van der Waals surface area contributed by atoms with Crippen molar-refractivity contribution < 1.29 is 4.74 Å². The molecule has 3 heterocycles. The Bertz CT molecular complexity index is 2890. The van der Waals surface area contributed by atoms with Gasteiger partial charge in [0.05, 0.1) is 5.52 Å². The first-order valence-corrected chi connectivity index (χ1v) is 21.2. The third kappa shape index (κ3) is 6.59. The predicted octanol–water partition coefficient (Wildman–Crippen LogP) is 13.4. The Morgan fingerprint density at radius 3 is 2.15 bits per heavy atom. The summed E-state index contributed by atoms with van der Waals surface area (Å²) in [5.74, 6) is 1.05. The molecule has 5 aliphatic rings. The first-order chi connectivity index (χ1) is 29.6. The van der Waals surface area contributed by atoms with E-state index in [9.17, 15) is 0 Å². The number of aliphatic imine (C=N–C) groups is 1. The molecule has 1 N–H and O–H groups in total. The minimum atomic E-state index is -0.227. The van der Waals surface area contributed by atoms with Gasteiger partial charge in [0.2, 0.25) is 0 Å². The Morgan fingerprint density at radius 1 is 0.700 bits per heavy atom. The smallest absolute Gasteiger partial charge is 0.154 e. The van der Waals surface area contributed by atoms with E-state index in [1.54, 1.807) is 0 Å². The summed E-state index contributed by atoms with van der Waals surface area (Å²) in [5.41, 5.74) is 15.8.